The molecule has 3 N–H and O–H groups in total. The topological polar surface area (TPSA) is 81.0 Å². The number of rotatable bonds is 5. The van der Waals surface area contributed by atoms with Gasteiger partial charge in [-0.05, 0) is 42.0 Å². The van der Waals surface area contributed by atoms with Crippen LogP contribution in [0.4, 0.5) is 0 Å². The van der Waals surface area contributed by atoms with Crippen molar-refractivity contribution < 1.29 is 9.53 Å². The number of hydrogen-bond acceptors (Lipinski definition) is 3. The van der Waals surface area contributed by atoms with Gasteiger partial charge in [0, 0.05) is 35.0 Å². The average Bonchev–Trinajstić information content (AvgIpc) is 3.10. The van der Waals surface area contributed by atoms with E-state index in [9.17, 15) is 4.79 Å². The molecule has 0 saturated carbocycles. The number of ether oxygens (including phenoxy) is 1. The van der Waals surface area contributed by atoms with E-state index in [2.05, 4.69) is 9.97 Å². The van der Waals surface area contributed by atoms with E-state index in [4.69, 9.17) is 10.5 Å². The summed E-state index contributed by atoms with van der Waals surface area (Å²) >= 11 is 0. The van der Waals surface area contributed by atoms with Crippen molar-refractivity contribution >= 4 is 23.0 Å². The molecular formula is C22H17N3O2. The highest BCUT2D eigenvalue weighted by atomic mass is 16.5. The number of nitrogens with zero attached hydrogens (tertiary/aromatic N) is 1. The van der Waals surface area contributed by atoms with Crippen molar-refractivity contribution in [3.05, 3.63) is 84.7 Å². The number of carbonyl (C=O) groups is 1. The first kappa shape index (κ1) is 16.6. The minimum atomic E-state index is -0.484. The molecule has 0 aliphatic rings. The van der Waals surface area contributed by atoms with Crippen molar-refractivity contribution in [2.24, 2.45) is 5.73 Å². The summed E-state index contributed by atoms with van der Waals surface area (Å²) < 4.78 is 5.83. The van der Waals surface area contributed by atoms with Crippen LogP contribution >= 0.6 is 0 Å². The number of H-pyrrole nitrogens is 1. The van der Waals surface area contributed by atoms with Crippen molar-refractivity contribution in [2.45, 2.75) is 0 Å². The van der Waals surface area contributed by atoms with Crippen molar-refractivity contribution in [3.8, 4) is 22.6 Å². The van der Waals surface area contributed by atoms with Crippen LogP contribution in [0.25, 0.3) is 28.2 Å². The van der Waals surface area contributed by atoms with E-state index in [1.54, 1.807) is 12.3 Å². The number of benzene rings is 2. The first-order valence-electron chi connectivity index (χ1n) is 8.47. The van der Waals surface area contributed by atoms with Crippen molar-refractivity contribution in [1.29, 1.82) is 0 Å². The number of aromatic nitrogens is 2. The number of pyridine rings is 1. The summed E-state index contributed by atoms with van der Waals surface area (Å²) in [4.78, 5) is 18.5. The summed E-state index contributed by atoms with van der Waals surface area (Å²) in [6.07, 6.45) is 6.64. The van der Waals surface area contributed by atoms with Gasteiger partial charge in [0.15, 0.2) is 0 Å². The number of carbonyl (C=O) groups excluding carboxylic acids is 1. The zero-order valence-electron chi connectivity index (χ0n) is 14.4. The molecule has 27 heavy (non-hydrogen) atoms. The van der Waals surface area contributed by atoms with Gasteiger partial charge < -0.3 is 15.5 Å². The zero-order chi connectivity index (χ0) is 18.6. The van der Waals surface area contributed by atoms with Crippen molar-refractivity contribution in [3.63, 3.8) is 0 Å². The minimum absolute atomic E-state index is 0.484. The van der Waals surface area contributed by atoms with E-state index in [1.165, 1.54) is 6.08 Å². The largest absolute Gasteiger partial charge is 0.457 e. The van der Waals surface area contributed by atoms with E-state index in [0.29, 0.717) is 0 Å². The highest BCUT2D eigenvalue weighted by molar-refractivity contribution is 5.95. The Morgan fingerprint density at radius 3 is 2.48 bits per heavy atom. The van der Waals surface area contributed by atoms with E-state index >= 15 is 0 Å². The number of nitrogens with one attached hydrogen (secondary N) is 1. The predicted molar refractivity (Wildman–Crippen MR) is 106 cm³/mol. The Morgan fingerprint density at radius 2 is 1.74 bits per heavy atom. The number of nitrogens with two attached hydrogens (primary N) is 1. The standard InChI is InChI=1S/C22H17N3O2/c23-21(26)11-8-16-13-24-22-20(16)12-17(14-25-22)15-6-9-19(10-7-15)27-18-4-2-1-3-5-18/h1-14H,(H2,23,26)(H,24,25)/b11-8+. The maximum Gasteiger partial charge on any atom is 0.241 e. The number of hydrogen-bond donors (Lipinski definition) is 2. The highest BCUT2D eigenvalue weighted by Crippen LogP contribution is 2.28. The number of fused-ring (bicyclic) bond motifs is 1. The van der Waals surface area contributed by atoms with Crippen LogP contribution in [0.15, 0.2) is 79.1 Å². The van der Waals surface area contributed by atoms with Gasteiger partial charge in [0.2, 0.25) is 5.91 Å². The average molecular weight is 355 g/mol. The number of para-hydroxylation sites is 1. The SMILES string of the molecule is NC(=O)/C=C/c1c[nH]c2ncc(-c3ccc(Oc4ccccc4)cc3)cc12. The molecule has 4 aromatic rings. The van der Waals surface area contributed by atoms with Gasteiger partial charge in [-0.3, -0.25) is 4.79 Å². The molecule has 2 heterocycles. The lowest BCUT2D eigenvalue weighted by Crippen LogP contribution is -2.04. The Bertz CT molecular complexity index is 1110. The predicted octanol–water partition coefficient (Wildman–Crippen LogP) is 4.52. The molecule has 5 heteroatoms. The van der Waals surface area contributed by atoms with Gasteiger partial charge in [-0.25, -0.2) is 4.98 Å². The lowest BCUT2D eigenvalue weighted by Gasteiger charge is -2.07. The van der Waals surface area contributed by atoms with Crippen LogP contribution in [0, 0.1) is 0 Å². The zero-order valence-corrected chi connectivity index (χ0v) is 14.4. The number of primary amides is 1. The van der Waals surface area contributed by atoms with Crippen LogP contribution in [-0.4, -0.2) is 15.9 Å². The van der Waals surface area contributed by atoms with Crippen molar-refractivity contribution in [1.82, 2.24) is 9.97 Å². The highest BCUT2D eigenvalue weighted by Gasteiger charge is 2.06. The molecule has 1 amide bonds. The van der Waals surface area contributed by atoms with Crippen LogP contribution in [0.5, 0.6) is 11.5 Å². The summed E-state index contributed by atoms with van der Waals surface area (Å²) in [6.45, 7) is 0. The monoisotopic (exact) mass is 355 g/mol. The van der Waals surface area contributed by atoms with Crippen LogP contribution in [0.1, 0.15) is 5.56 Å². The van der Waals surface area contributed by atoms with E-state index in [1.807, 2.05) is 66.9 Å². The van der Waals surface area contributed by atoms with Crippen LogP contribution in [0.2, 0.25) is 0 Å². The van der Waals surface area contributed by atoms with E-state index < -0.39 is 5.91 Å². The first-order chi connectivity index (χ1) is 13.2. The lowest BCUT2D eigenvalue weighted by atomic mass is 10.1. The molecule has 0 spiro atoms. The smallest absolute Gasteiger partial charge is 0.241 e. The van der Waals surface area contributed by atoms with Gasteiger partial charge >= 0.3 is 0 Å². The summed E-state index contributed by atoms with van der Waals surface area (Å²) in [5.74, 6) is 1.08. The maximum absolute atomic E-state index is 11.0. The van der Waals surface area contributed by atoms with Gasteiger partial charge in [-0.15, -0.1) is 0 Å². The van der Waals surface area contributed by atoms with Crippen molar-refractivity contribution in [2.75, 3.05) is 0 Å². The molecule has 0 aliphatic carbocycles. The maximum atomic E-state index is 11.0. The second-order valence-corrected chi connectivity index (χ2v) is 6.04. The Morgan fingerprint density at radius 1 is 1.00 bits per heavy atom. The summed E-state index contributed by atoms with van der Waals surface area (Å²) in [6, 6.07) is 19.5. The quantitative estimate of drug-likeness (QED) is 0.516. The van der Waals surface area contributed by atoms with Gasteiger partial charge in [0.1, 0.15) is 17.1 Å². The fraction of sp³-hybridized carbons (Fsp3) is 0. The van der Waals surface area contributed by atoms with Crippen LogP contribution < -0.4 is 10.5 Å². The minimum Gasteiger partial charge on any atom is -0.457 e. The molecule has 0 saturated heterocycles. The van der Waals surface area contributed by atoms with Gasteiger partial charge in [0.05, 0.1) is 0 Å². The molecule has 0 aliphatic heterocycles. The molecule has 2 aromatic heterocycles. The van der Waals surface area contributed by atoms with Gasteiger partial charge in [-0.1, -0.05) is 30.3 Å². The molecule has 2 aromatic carbocycles. The Balaban J connectivity index is 1.62. The fourth-order valence-corrected chi connectivity index (χ4v) is 2.83. The summed E-state index contributed by atoms with van der Waals surface area (Å²) in [5, 5.41) is 0.926. The molecule has 132 valence electrons. The molecule has 5 nitrogen and oxygen atoms in total. The molecule has 0 bridgehead atoms. The fourth-order valence-electron chi connectivity index (χ4n) is 2.83. The Hall–Kier alpha value is -3.86. The van der Waals surface area contributed by atoms with Gasteiger partial charge in [-0.2, -0.15) is 0 Å². The van der Waals surface area contributed by atoms with E-state index in [-0.39, 0.29) is 0 Å². The summed E-state index contributed by atoms with van der Waals surface area (Å²) in [5.41, 5.74) is 8.80. The Kier molecular flexibility index (Phi) is 4.41. The second-order valence-electron chi connectivity index (χ2n) is 6.04. The third-order valence-electron chi connectivity index (χ3n) is 4.16. The number of amides is 1. The van der Waals surface area contributed by atoms with Crippen LogP contribution in [-0.2, 0) is 4.79 Å². The van der Waals surface area contributed by atoms with Crippen LogP contribution in [0.3, 0.4) is 0 Å². The summed E-state index contributed by atoms with van der Waals surface area (Å²) in [7, 11) is 0. The number of aromatic amines is 1. The molecular weight excluding hydrogens is 338 g/mol. The first-order valence-corrected chi connectivity index (χ1v) is 8.47. The Labute approximate surface area is 156 Å². The normalized spacial score (nSPS) is 11.1. The molecule has 4 rings (SSSR count). The third kappa shape index (κ3) is 3.72. The molecule has 0 unspecified atom stereocenters. The molecule has 0 atom stereocenters. The second kappa shape index (κ2) is 7.17. The lowest BCUT2D eigenvalue weighted by molar-refractivity contribution is -0.113. The molecule has 0 fully saturated rings. The third-order valence-corrected chi connectivity index (χ3v) is 4.16. The van der Waals surface area contributed by atoms with E-state index in [0.717, 1.165) is 39.2 Å². The molecule has 0 radical (unpaired) electrons. The van der Waals surface area contributed by atoms with Gasteiger partial charge in [0.25, 0.3) is 0 Å².